The molecule has 0 heterocycles. The zero-order valence-corrected chi connectivity index (χ0v) is 31.3. The van der Waals surface area contributed by atoms with E-state index in [2.05, 4.69) is 69.4 Å². The molecular formula is C42H74O6. The van der Waals surface area contributed by atoms with E-state index in [9.17, 15) is 19.8 Å². The van der Waals surface area contributed by atoms with Gasteiger partial charge in [-0.25, -0.2) is 0 Å². The van der Waals surface area contributed by atoms with Crippen LogP contribution in [0.4, 0.5) is 0 Å². The summed E-state index contributed by atoms with van der Waals surface area (Å²) in [5, 5.41) is 19.2. The number of hydrogen-bond acceptors (Lipinski definition) is 6. The van der Waals surface area contributed by atoms with Crippen molar-refractivity contribution >= 4 is 11.9 Å². The second kappa shape index (κ2) is 36.1. The first kappa shape index (κ1) is 45.8. The van der Waals surface area contributed by atoms with Crippen LogP contribution in [-0.4, -0.2) is 47.6 Å². The van der Waals surface area contributed by atoms with E-state index in [4.69, 9.17) is 9.47 Å². The number of aliphatic hydroxyl groups excluding tert-OH is 2. The maximum atomic E-state index is 12.2. The summed E-state index contributed by atoms with van der Waals surface area (Å²) < 4.78 is 10.5. The molecule has 0 aromatic heterocycles. The number of aliphatic hydroxyl groups is 2. The van der Waals surface area contributed by atoms with Gasteiger partial charge in [-0.1, -0.05) is 159 Å². The number of carbonyl (C=O) groups is 2. The summed E-state index contributed by atoms with van der Waals surface area (Å²) in [5.41, 5.74) is 0. The predicted octanol–water partition coefficient (Wildman–Crippen LogP) is 11.1. The molecule has 0 amide bonds. The molecule has 0 radical (unpaired) electrons. The summed E-state index contributed by atoms with van der Waals surface area (Å²) in [6, 6.07) is 0. The molecule has 0 aliphatic heterocycles. The van der Waals surface area contributed by atoms with Crippen LogP contribution in [0.5, 0.6) is 0 Å². The molecule has 0 aliphatic carbocycles. The van der Waals surface area contributed by atoms with Gasteiger partial charge in [0.25, 0.3) is 0 Å². The Morgan fingerprint density at radius 1 is 0.604 bits per heavy atom. The van der Waals surface area contributed by atoms with Crippen LogP contribution in [0.2, 0.25) is 0 Å². The van der Waals surface area contributed by atoms with Crippen LogP contribution in [0.15, 0.2) is 48.6 Å². The van der Waals surface area contributed by atoms with E-state index in [0.29, 0.717) is 19.3 Å². The van der Waals surface area contributed by atoms with Gasteiger partial charge in [-0.15, -0.1) is 0 Å². The van der Waals surface area contributed by atoms with E-state index in [1.54, 1.807) is 0 Å². The van der Waals surface area contributed by atoms with Gasteiger partial charge >= 0.3 is 11.9 Å². The Morgan fingerprint density at radius 2 is 1.08 bits per heavy atom. The molecule has 0 fully saturated rings. The van der Waals surface area contributed by atoms with Gasteiger partial charge in [0.2, 0.25) is 0 Å². The lowest BCUT2D eigenvalue weighted by Crippen LogP contribution is -2.28. The van der Waals surface area contributed by atoms with Crippen molar-refractivity contribution in [1.82, 2.24) is 0 Å². The van der Waals surface area contributed by atoms with Crippen LogP contribution in [0.3, 0.4) is 0 Å². The third-order valence-electron chi connectivity index (χ3n) is 8.36. The highest BCUT2D eigenvalue weighted by Crippen LogP contribution is 2.15. The fourth-order valence-corrected chi connectivity index (χ4v) is 5.39. The van der Waals surface area contributed by atoms with Crippen molar-refractivity contribution in [2.45, 2.75) is 187 Å². The Morgan fingerprint density at radius 3 is 1.60 bits per heavy atom. The zero-order chi connectivity index (χ0) is 35.3. The van der Waals surface area contributed by atoms with Gasteiger partial charge in [-0.2, -0.15) is 0 Å². The molecule has 0 spiro atoms. The first-order valence-electron chi connectivity index (χ1n) is 19.6. The molecule has 0 saturated heterocycles. The number of unbranched alkanes of at least 4 members (excludes halogenated alkanes) is 13. The van der Waals surface area contributed by atoms with Crippen molar-refractivity contribution in [3.05, 3.63) is 48.6 Å². The molecule has 0 aromatic carbocycles. The molecular weight excluding hydrogens is 600 g/mol. The monoisotopic (exact) mass is 675 g/mol. The predicted molar refractivity (Wildman–Crippen MR) is 202 cm³/mol. The van der Waals surface area contributed by atoms with Gasteiger partial charge in [-0.3, -0.25) is 9.59 Å². The molecule has 0 bridgehead atoms. The molecule has 6 heteroatoms. The second-order valence-electron chi connectivity index (χ2n) is 13.7. The highest BCUT2D eigenvalue weighted by atomic mass is 16.6. The summed E-state index contributed by atoms with van der Waals surface area (Å²) in [6.45, 7) is 6.23. The van der Waals surface area contributed by atoms with Crippen LogP contribution in [0.1, 0.15) is 175 Å². The average Bonchev–Trinajstić information content (AvgIpc) is 3.06. The molecule has 0 aliphatic rings. The molecule has 0 saturated carbocycles. The fraction of sp³-hybridized carbons (Fsp3) is 0.762. The third kappa shape index (κ3) is 35.1. The fourth-order valence-electron chi connectivity index (χ4n) is 5.39. The second-order valence-corrected chi connectivity index (χ2v) is 13.7. The Kier molecular flexibility index (Phi) is 34.5. The smallest absolute Gasteiger partial charge is 0.306 e. The van der Waals surface area contributed by atoms with E-state index >= 15 is 0 Å². The average molecular weight is 675 g/mol. The van der Waals surface area contributed by atoms with Gasteiger partial charge in [0.15, 0.2) is 6.10 Å². The Labute approximate surface area is 295 Å². The number of hydrogen-bond donors (Lipinski definition) is 2. The van der Waals surface area contributed by atoms with E-state index in [1.165, 1.54) is 70.6 Å². The van der Waals surface area contributed by atoms with Crippen molar-refractivity contribution in [2.24, 2.45) is 5.92 Å². The Bertz CT molecular complexity index is 843. The molecule has 48 heavy (non-hydrogen) atoms. The lowest BCUT2D eigenvalue weighted by molar-refractivity contribution is -0.161. The third-order valence-corrected chi connectivity index (χ3v) is 8.36. The van der Waals surface area contributed by atoms with Crippen molar-refractivity contribution in [3.63, 3.8) is 0 Å². The molecule has 6 nitrogen and oxygen atoms in total. The molecule has 2 N–H and O–H groups in total. The lowest BCUT2D eigenvalue weighted by Gasteiger charge is -2.15. The quantitative estimate of drug-likeness (QED) is 0.0401. The topological polar surface area (TPSA) is 93.1 Å². The first-order valence-corrected chi connectivity index (χ1v) is 19.6. The molecule has 0 aromatic rings. The van der Waals surface area contributed by atoms with Gasteiger partial charge in [-0.05, 0) is 57.3 Å². The van der Waals surface area contributed by atoms with Crippen molar-refractivity contribution < 1.29 is 29.3 Å². The Balaban J connectivity index is 3.68. The largest absolute Gasteiger partial charge is 0.462 e. The highest BCUT2D eigenvalue weighted by Gasteiger charge is 2.16. The van der Waals surface area contributed by atoms with Crippen LogP contribution in [0, 0.1) is 5.92 Å². The summed E-state index contributed by atoms with van der Waals surface area (Å²) in [7, 11) is 0. The lowest BCUT2D eigenvalue weighted by atomic mass is 10.0. The van der Waals surface area contributed by atoms with Crippen molar-refractivity contribution in [1.29, 1.82) is 0 Å². The minimum Gasteiger partial charge on any atom is -0.462 e. The molecule has 2 atom stereocenters. The first-order chi connectivity index (χ1) is 23.4. The number of allylic oxidation sites excluding steroid dienone is 7. The number of carbonyl (C=O) groups excluding carboxylic acids is 2. The van der Waals surface area contributed by atoms with E-state index in [0.717, 1.165) is 70.1 Å². The summed E-state index contributed by atoms with van der Waals surface area (Å²) in [4.78, 5) is 24.2. The van der Waals surface area contributed by atoms with Gasteiger partial charge in [0, 0.05) is 12.8 Å². The van der Waals surface area contributed by atoms with Crippen LogP contribution >= 0.6 is 0 Å². The summed E-state index contributed by atoms with van der Waals surface area (Å²) in [6.07, 6.45) is 40.9. The standard InChI is InChI=1S/C42H74O6/c1-4-31-39(44)33-28-24-20-16-12-8-6-9-13-17-21-25-29-34-41(45)47-37-40(36-43)48-42(46)35-30-26-22-18-14-10-5-7-11-15-19-23-27-32-38(2)3/h6,9,12,16-17,21,24,28,38-40,43-44H,4-5,7-8,10-11,13-15,18-20,22-23,25-27,29-37H2,1-3H3/b9-6-,16-12-,21-17-,28-24-/t39?,40-/m0/s1. The summed E-state index contributed by atoms with van der Waals surface area (Å²) in [5.74, 6) is 0.163. The number of esters is 2. The summed E-state index contributed by atoms with van der Waals surface area (Å²) >= 11 is 0. The van der Waals surface area contributed by atoms with Gasteiger partial charge < -0.3 is 19.7 Å². The molecule has 0 rings (SSSR count). The van der Waals surface area contributed by atoms with Crippen molar-refractivity contribution in [3.8, 4) is 0 Å². The molecule has 1 unspecified atom stereocenters. The van der Waals surface area contributed by atoms with Crippen LogP contribution < -0.4 is 0 Å². The van der Waals surface area contributed by atoms with Crippen LogP contribution in [-0.2, 0) is 19.1 Å². The van der Waals surface area contributed by atoms with E-state index < -0.39 is 6.10 Å². The SMILES string of the molecule is CCCC(O)C/C=C\C/C=C\C/C=C\C/C=C\CCCC(=O)OC[C@H](CO)OC(=O)CCCCCCCCCCCCCCCC(C)C. The van der Waals surface area contributed by atoms with Gasteiger partial charge in [0.05, 0.1) is 12.7 Å². The van der Waals surface area contributed by atoms with Gasteiger partial charge in [0.1, 0.15) is 6.61 Å². The highest BCUT2D eigenvalue weighted by molar-refractivity contribution is 5.70. The van der Waals surface area contributed by atoms with Crippen LogP contribution in [0.25, 0.3) is 0 Å². The molecule has 278 valence electrons. The van der Waals surface area contributed by atoms with Crippen molar-refractivity contribution in [2.75, 3.05) is 13.2 Å². The van der Waals surface area contributed by atoms with E-state index in [1.807, 2.05) is 0 Å². The minimum atomic E-state index is -0.802. The van der Waals surface area contributed by atoms with E-state index in [-0.39, 0.29) is 31.3 Å². The minimum absolute atomic E-state index is 0.105. The maximum absolute atomic E-state index is 12.2. The number of ether oxygens (including phenoxy) is 2. The number of rotatable bonds is 34. The zero-order valence-electron chi connectivity index (χ0n) is 31.3. The normalized spacial score (nSPS) is 13.5. The maximum Gasteiger partial charge on any atom is 0.306 e. The Hall–Kier alpha value is -2.18.